The first kappa shape index (κ1) is 16.7. The molecule has 1 aliphatic heterocycles. The van der Waals surface area contributed by atoms with Crippen LogP contribution >= 0.6 is 0 Å². The number of aromatic amines is 1. The molecule has 0 saturated carbocycles. The van der Waals surface area contributed by atoms with Gasteiger partial charge in [0.2, 0.25) is 5.88 Å². The van der Waals surface area contributed by atoms with Crippen LogP contribution in [-0.2, 0) is 23.8 Å². The lowest BCUT2D eigenvalue weighted by molar-refractivity contribution is -0.140. The fourth-order valence-corrected chi connectivity index (χ4v) is 2.50. The highest BCUT2D eigenvalue weighted by molar-refractivity contribution is 5.99. The van der Waals surface area contributed by atoms with E-state index in [-0.39, 0.29) is 30.2 Å². The molecule has 0 unspecified atom stereocenters. The molecule has 0 amide bonds. The van der Waals surface area contributed by atoms with Gasteiger partial charge in [0, 0.05) is 11.9 Å². The van der Waals surface area contributed by atoms with Crippen molar-refractivity contribution in [1.29, 1.82) is 0 Å². The minimum atomic E-state index is -0.725. The molecule has 1 atom stereocenters. The summed E-state index contributed by atoms with van der Waals surface area (Å²) in [6.07, 6.45) is 1.70. The van der Waals surface area contributed by atoms with E-state index in [1.54, 1.807) is 39.1 Å². The zero-order valence-electron chi connectivity index (χ0n) is 13.3. The average molecular weight is 320 g/mol. The minimum absolute atomic E-state index is 0.0754. The molecule has 0 aromatic carbocycles. The Balaban J connectivity index is 2.55. The standard InChI is InChI=1S/C16H20N2O5/c1-4-21-15(19)11-9(3)23-14(17)13(16(20)22-5-2)12(11)10-7-6-8-18-10/h6-8,12,18H,4-5,17H2,1-3H3/t12-/m0/s1. The normalized spacial score (nSPS) is 17.8. The Hall–Kier alpha value is -2.70. The SMILES string of the molecule is CCOC(=O)C1=C(C)OC(N)=C(C(=O)OCC)[C@H]1c1ccc[nH]1. The second-order valence-electron chi connectivity index (χ2n) is 4.85. The van der Waals surface area contributed by atoms with Crippen LogP contribution in [0.3, 0.4) is 0 Å². The summed E-state index contributed by atoms with van der Waals surface area (Å²) >= 11 is 0. The van der Waals surface area contributed by atoms with Gasteiger partial charge in [-0.15, -0.1) is 0 Å². The maximum Gasteiger partial charge on any atom is 0.340 e. The third kappa shape index (κ3) is 3.23. The van der Waals surface area contributed by atoms with Crippen LogP contribution in [0.2, 0.25) is 0 Å². The number of hydrogen-bond donors (Lipinski definition) is 2. The van der Waals surface area contributed by atoms with E-state index in [0.717, 1.165) is 0 Å². The Labute approximate surface area is 134 Å². The molecule has 1 aromatic rings. The number of allylic oxidation sites excluding steroid dienone is 1. The number of hydrogen-bond acceptors (Lipinski definition) is 6. The second-order valence-corrected chi connectivity index (χ2v) is 4.85. The van der Waals surface area contributed by atoms with Crippen LogP contribution in [0, 0.1) is 0 Å². The van der Waals surface area contributed by atoms with Crippen molar-refractivity contribution in [2.45, 2.75) is 26.7 Å². The van der Waals surface area contributed by atoms with Crippen LogP contribution in [0.25, 0.3) is 0 Å². The van der Waals surface area contributed by atoms with Crippen LogP contribution in [0.15, 0.2) is 41.1 Å². The lowest BCUT2D eigenvalue weighted by Gasteiger charge is -2.27. The lowest BCUT2D eigenvalue weighted by Crippen LogP contribution is -2.30. The molecule has 0 radical (unpaired) electrons. The maximum atomic E-state index is 12.4. The number of rotatable bonds is 5. The van der Waals surface area contributed by atoms with E-state index in [9.17, 15) is 9.59 Å². The third-order valence-corrected chi connectivity index (χ3v) is 3.41. The summed E-state index contributed by atoms with van der Waals surface area (Å²) in [5.74, 6) is -1.68. The number of aromatic nitrogens is 1. The molecule has 23 heavy (non-hydrogen) atoms. The van der Waals surface area contributed by atoms with Gasteiger partial charge in [0.25, 0.3) is 0 Å². The number of H-pyrrole nitrogens is 1. The van der Waals surface area contributed by atoms with Gasteiger partial charge in [-0.1, -0.05) is 0 Å². The van der Waals surface area contributed by atoms with Crippen LogP contribution in [0.5, 0.6) is 0 Å². The molecular formula is C16H20N2O5. The van der Waals surface area contributed by atoms with Gasteiger partial charge in [-0.05, 0) is 32.9 Å². The van der Waals surface area contributed by atoms with E-state index in [2.05, 4.69) is 4.98 Å². The number of nitrogens with two attached hydrogens (primary N) is 1. The van der Waals surface area contributed by atoms with Gasteiger partial charge in [-0.2, -0.15) is 0 Å². The Kier molecular flexibility index (Phi) is 5.10. The predicted molar refractivity (Wildman–Crippen MR) is 81.8 cm³/mol. The van der Waals surface area contributed by atoms with Crippen LogP contribution < -0.4 is 5.73 Å². The van der Waals surface area contributed by atoms with Crippen molar-refractivity contribution >= 4 is 11.9 Å². The second kappa shape index (κ2) is 7.04. The molecule has 0 bridgehead atoms. The average Bonchev–Trinajstić information content (AvgIpc) is 3.00. The summed E-state index contributed by atoms with van der Waals surface area (Å²) in [6, 6.07) is 3.52. The number of ether oxygens (including phenoxy) is 3. The summed E-state index contributed by atoms with van der Waals surface area (Å²) in [4.78, 5) is 27.7. The summed E-state index contributed by atoms with van der Waals surface area (Å²) < 4.78 is 15.6. The Morgan fingerprint density at radius 3 is 2.35 bits per heavy atom. The molecule has 2 heterocycles. The summed E-state index contributed by atoms with van der Waals surface area (Å²) in [7, 11) is 0. The van der Waals surface area contributed by atoms with Crippen LogP contribution in [0.4, 0.5) is 0 Å². The molecule has 0 saturated heterocycles. The van der Waals surface area contributed by atoms with Gasteiger partial charge < -0.3 is 24.9 Å². The Bertz CT molecular complexity index is 618. The van der Waals surface area contributed by atoms with E-state index in [0.29, 0.717) is 11.5 Å². The van der Waals surface area contributed by atoms with Crippen molar-refractivity contribution in [3.63, 3.8) is 0 Å². The third-order valence-electron chi connectivity index (χ3n) is 3.41. The zero-order valence-corrected chi connectivity index (χ0v) is 13.3. The Morgan fingerprint density at radius 1 is 1.22 bits per heavy atom. The fraction of sp³-hybridized carbons (Fsp3) is 0.375. The monoisotopic (exact) mass is 320 g/mol. The summed E-state index contributed by atoms with van der Waals surface area (Å²) in [5.41, 5.74) is 6.83. The van der Waals surface area contributed by atoms with Crippen LogP contribution in [0.1, 0.15) is 32.4 Å². The highest BCUT2D eigenvalue weighted by atomic mass is 16.5. The molecule has 7 nitrogen and oxygen atoms in total. The number of carbonyl (C=O) groups is 2. The highest BCUT2D eigenvalue weighted by Crippen LogP contribution is 2.39. The van der Waals surface area contributed by atoms with E-state index in [4.69, 9.17) is 19.9 Å². The smallest absolute Gasteiger partial charge is 0.340 e. The van der Waals surface area contributed by atoms with E-state index >= 15 is 0 Å². The molecule has 2 rings (SSSR count). The summed E-state index contributed by atoms with van der Waals surface area (Å²) in [6.45, 7) is 5.40. The van der Waals surface area contributed by atoms with E-state index in [1.807, 2.05) is 0 Å². The van der Waals surface area contributed by atoms with Gasteiger partial charge in [0.15, 0.2) is 0 Å². The molecule has 7 heteroatoms. The highest BCUT2D eigenvalue weighted by Gasteiger charge is 2.40. The maximum absolute atomic E-state index is 12.4. The quantitative estimate of drug-likeness (QED) is 0.800. The van der Waals surface area contributed by atoms with E-state index < -0.39 is 17.9 Å². The van der Waals surface area contributed by atoms with Gasteiger partial charge in [0.05, 0.1) is 24.7 Å². The molecular weight excluding hydrogens is 300 g/mol. The van der Waals surface area contributed by atoms with Gasteiger partial charge in [-0.25, -0.2) is 9.59 Å². The van der Waals surface area contributed by atoms with Crippen molar-refractivity contribution in [3.05, 3.63) is 46.8 Å². The first-order valence-corrected chi connectivity index (χ1v) is 7.37. The molecule has 0 spiro atoms. The van der Waals surface area contributed by atoms with Crippen molar-refractivity contribution in [2.75, 3.05) is 13.2 Å². The number of nitrogens with one attached hydrogen (secondary N) is 1. The molecule has 1 aromatic heterocycles. The predicted octanol–water partition coefficient (Wildman–Crippen LogP) is 1.70. The minimum Gasteiger partial charge on any atom is -0.463 e. The largest absolute Gasteiger partial charge is 0.463 e. The summed E-state index contributed by atoms with van der Waals surface area (Å²) in [5, 5.41) is 0. The lowest BCUT2D eigenvalue weighted by atomic mass is 9.85. The van der Waals surface area contributed by atoms with Gasteiger partial charge in [-0.3, -0.25) is 0 Å². The first-order valence-electron chi connectivity index (χ1n) is 7.37. The van der Waals surface area contributed by atoms with E-state index in [1.165, 1.54) is 0 Å². The number of carbonyl (C=O) groups excluding carboxylic acids is 2. The molecule has 124 valence electrons. The van der Waals surface area contributed by atoms with Crippen molar-refractivity contribution < 1.29 is 23.8 Å². The molecule has 0 fully saturated rings. The van der Waals surface area contributed by atoms with Gasteiger partial charge >= 0.3 is 11.9 Å². The number of esters is 2. The van der Waals surface area contributed by atoms with Gasteiger partial charge in [0.1, 0.15) is 11.3 Å². The molecule has 0 aliphatic carbocycles. The molecule has 3 N–H and O–H groups in total. The first-order chi connectivity index (χ1) is 11.0. The van der Waals surface area contributed by atoms with Crippen molar-refractivity contribution in [1.82, 2.24) is 4.98 Å². The Morgan fingerprint density at radius 2 is 1.83 bits per heavy atom. The van der Waals surface area contributed by atoms with Crippen molar-refractivity contribution in [2.24, 2.45) is 5.73 Å². The van der Waals surface area contributed by atoms with Crippen LogP contribution in [-0.4, -0.2) is 30.1 Å². The fourth-order valence-electron chi connectivity index (χ4n) is 2.50. The molecule has 1 aliphatic rings. The van der Waals surface area contributed by atoms with Crippen molar-refractivity contribution in [3.8, 4) is 0 Å². The zero-order chi connectivity index (χ0) is 17.0. The topological polar surface area (TPSA) is 104 Å².